The van der Waals surface area contributed by atoms with Crippen LogP contribution in [0.2, 0.25) is 10.0 Å². The normalized spacial score (nSPS) is 20.4. The van der Waals surface area contributed by atoms with Crippen molar-refractivity contribution in [3.8, 4) is 5.75 Å². The molecule has 9 heteroatoms. The molecule has 0 aromatic heterocycles. The summed E-state index contributed by atoms with van der Waals surface area (Å²) in [6.45, 7) is 0.935. The van der Waals surface area contributed by atoms with Gasteiger partial charge < -0.3 is 9.64 Å². The summed E-state index contributed by atoms with van der Waals surface area (Å²) in [5.41, 5.74) is 0.564. The standard InChI is InChI=1S/C19H16Cl2N2O4S/c20-13-7-8-15(21)16(10-13)27-19(24)12-4-3-9-23(11-12)18-14-5-1-2-6-17(14)28(25,26)22-18/h1-2,5-8,10,12H,3-4,9,11H2. The summed E-state index contributed by atoms with van der Waals surface area (Å²) < 4.78 is 34.0. The predicted octanol–water partition coefficient (Wildman–Crippen LogP) is 3.76. The van der Waals surface area contributed by atoms with Crippen LogP contribution in [-0.2, 0) is 14.8 Å². The van der Waals surface area contributed by atoms with Crippen LogP contribution in [-0.4, -0.2) is 38.2 Å². The molecule has 0 N–H and O–H groups in total. The molecule has 1 saturated heterocycles. The molecule has 146 valence electrons. The van der Waals surface area contributed by atoms with Crippen LogP contribution in [0.15, 0.2) is 51.8 Å². The van der Waals surface area contributed by atoms with Crippen LogP contribution < -0.4 is 4.74 Å². The molecule has 2 aromatic carbocycles. The summed E-state index contributed by atoms with van der Waals surface area (Å²) >= 11 is 12.0. The minimum absolute atomic E-state index is 0.195. The van der Waals surface area contributed by atoms with Crippen molar-refractivity contribution in [1.82, 2.24) is 4.90 Å². The Bertz CT molecular complexity index is 1090. The molecule has 1 atom stereocenters. The fourth-order valence-electron chi connectivity index (χ4n) is 3.43. The average molecular weight is 439 g/mol. The summed E-state index contributed by atoms with van der Waals surface area (Å²) in [4.78, 5) is 14.7. The summed E-state index contributed by atoms with van der Waals surface area (Å²) in [6.07, 6.45) is 1.35. The Kier molecular flexibility index (Phi) is 5.07. The van der Waals surface area contributed by atoms with Gasteiger partial charge in [0.15, 0.2) is 11.6 Å². The number of halogens is 2. The second-order valence-corrected chi connectivity index (χ2v) is 9.08. The third-order valence-electron chi connectivity index (χ3n) is 4.77. The van der Waals surface area contributed by atoms with Gasteiger partial charge in [0.25, 0.3) is 10.0 Å². The number of likely N-dealkylation sites (tertiary alicyclic amines) is 1. The van der Waals surface area contributed by atoms with Gasteiger partial charge in [-0.3, -0.25) is 4.79 Å². The highest BCUT2D eigenvalue weighted by Gasteiger charge is 2.35. The number of benzene rings is 2. The minimum Gasteiger partial charge on any atom is -0.425 e. The van der Waals surface area contributed by atoms with Gasteiger partial charge in [0.05, 0.1) is 10.9 Å². The summed E-state index contributed by atoms with van der Waals surface area (Å²) in [5.74, 6) is -0.262. The molecule has 1 unspecified atom stereocenters. The van der Waals surface area contributed by atoms with Crippen molar-refractivity contribution in [2.24, 2.45) is 10.3 Å². The summed E-state index contributed by atoms with van der Waals surface area (Å²) in [5, 5.41) is 0.713. The Labute approximate surface area is 172 Å². The van der Waals surface area contributed by atoms with Gasteiger partial charge in [-0.1, -0.05) is 35.3 Å². The maximum absolute atomic E-state index is 12.7. The highest BCUT2D eigenvalue weighted by Crippen LogP contribution is 2.32. The van der Waals surface area contributed by atoms with Gasteiger partial charge in [0.1, 0.15) is 4.90 Å². The molecule has 4 rings (SSSR count). The van der Waals surface area contributed by atoms with Crippen molar-refractivity contribution in [3.05, 3.63) is 58.1 Å². The van der Waals surface area contributed by atoms with Crippen LogP contribution in [0.25, 0.3) is 0 Å². The van der Waals surface area contributed by atoms with Gasteiger partial charge in [0.2, 0.25) is 0 Å². The van der Waals surface area contributed by atoms with Crippen molar-refractivity contribution in [1.29, 1.82) is 0 Å². The molecule has 1 fully saturated rings. The first kappa shape index (κ1) is 19.2. The molecule has 0 radical (unpaired) electrons. The van der Waals surface area contributed by atoms with E-state index in [0.717, 1.165) is 0 Å². The quantitative estimate of drug-likeness (QED) is 0.526. The number of sulfonamides is 1. The fourth-order valence-corrected chi connectivity index (χ4v) is 4.97. The molecule has 28 heavy (non-hydrogen) atoms. The second-order valence-electron chi connectivity index (χ2n) is 6.67. The van der Waals surface area contributed by atoms with Crippen molar-refractivity contribution < 1.29 is 17.9 Å². The number of nitrogens with zero attached hydrogens (tertiary/aromatic N) is 2. The highest BCUT2D eigenvalue weighted by atomic mass is 35.5. The molecule has 2 heterocycles. The van der Waals surface area contributed by atoms with Gasteiger partial charge in [-0.25, -0.2) is 0 Å². The monoisotopic (exact) mass is 438 g/mol. The number of piperidine rings is 1. The van der Waals surface area contributed by atoms with Crippen LogP contribution in [0.4, 0.5) is 0 Å². The third kappa shape index (κ3) is 3.62. The molecule has 0 amide bonds. The highest BCUT2D eigenvalue weighted by molar-refractivity contribution is 7.90. The number of hydrogen-bond donors (Lipinski definition) is 0. The molecule has 2 aromatic rings. The van der Waals surface area contributed by atoms with E-state index in [1.807, 2.05) is 4.90 Å². The van der Waals surface area contributed by atoms with Crippen LogP contribution in [0, 0.1) is 5.92 Å². The Balaban J connectivity index is 1.54. The molecule has 6 nitrogen and oxygen atoms in total. The van der Waals surface area contributed by atoms with E-state index in [0.29, 0.717) is 47.4 Å². The SMILES string of the molecule is O=C(Oc1cc(Cl)ccc1Cl)C1CCCN(C2=NS(=O)(=O)c3ccccc32)C1. The van der Waals surface area contributed by atoms with E-state index in [1.54, 1.807) is 30.3 Å². The number of carbonyl (C=O) groups is 1. The molecule has 0 saturated carbocycles. The molecule has 2 aliphatic heterocycles. The van der Waals surface area contributed by atoms with Crippen LogP contribution in [0.1, 0.15) is 18.4 Å². The van der Waals surface area contributed by atoms with Crippen molar-refractivity contribution in [2.75, 3.05) is 13.1 Å². The van der Waals surface area contributed by atoms with Crippen molar-refractivity contribution >= 4 is 45.0 Å². The Morgan fingerprint density at radius 2 is 1.96 bits per heavy atom. The van der Waals surface area contributed by atoms with Gasteiger partial charge in [-0.05, 0) is 37.1 Å². The number of rotatable bonds is 2. The summed E-state index contributed by atoms with van der Waals surface area (Å²) in [7, 11) is -3.70. The molecule has 2 aliphatic rings. The van der Waals surface area contributed by atoms with Crippen LogP contribution >= 0.6 is 23.2 Å². The fraction of sp³-hybridized carbons (Fsp3) is 0.263. The number of esters is 1. The zero-order valence-electron chi connectivity index (χ0n) is 14.6. The Morgan fingerprint density at radius 3 is 2.79 bits per heavy atom. The third-order valence-corrected chi connectivity index (χ3v) is 6.64. The second kappa shape index (κ2) is 7.39. The van der Waals surface area contributed by atoms with E-state index in [2.05, 4.69) is 4.40 Å². The van der Waals surface area contributed by atoms with E-state index in [-0.39, 0.29) is 10.6 Å². The van der Waals surface area contributed by atoms with Crippen LogP contribution in [0.5, 0.6) is 5.75 Å². The van der Waals surface area contributed by atoms with Gasteiger partial charge in [0, 0.05) is 29.7 Å². The minimum atomic E-state index is -3.70. The zero-order valence-corrected chi connectivity index (χ0v) is 17.0. The Morgan fingerprint density at radius 1 is 1.18 bits per heavy atom. The maximum Gasteiger partial charge on any atom is 0.316 e. The lowest BCUT2D eigenvalue weighted by Crippen LogP contribution is -2.43. The number of hydrogen-bond acceptors (Lipinski definition) is 5. The summed E-state index contributed by atoms with van der Waals surface area (Å²) in [6, 6.07) is 11.4. The lowest BCUT2D eigenvalue weighted by molar-refractivity contribution is -0.140. The number of amidine groups is 1. The van der Waals surface area contributed by atoms with E-state index in [4.69, 9.17) is 27.9 Å². The van der Waals surface area contributed by atoms with Gasteiger partial charge in [-0.15, -0.1) is 4.40 Å². The molecular weight excluding hydrogens is 423 g/mol. The smallest absolute Gasteiger partial charge is 0.316 e. The van der Waals surface area contributed by atoms with Gasteiger partial charge >= 0.3 is 5.97 Å². The predicted molar refractivity (Wildman–Crippen MR) is 107 cm³/mol. The van der Waals surface area contributed by atoms with Crippen molar-refractivity contribution in [3.63, 3.8) is 0 Å². The topological polar surface area (TPSA) is 76.0 Å². The number of ether oxygens (including phenoxy) is 1. The molecule has 0 bridgehead atoms. The van der Waals surface area contributed by atoms with Crippen LogP contribution in [0.3, 0.4) is 0 Å². The number of carbonyl (C=O) groups excluding carboxylic acids is 1. The van der Waals surface area contributed by atoms with Gasteiger partial charge in [-0.2, -0.15) is 8.42 Å². The first-order chi connectivity index (χ1) is 13.3. The first-order valence-electron chi connectivity index (χ1n) is 8.71. The maximum atomic E-state index is 12.7. The average Bonchev–Trinajstić information content (AvgIpc) is 2.96. The molecule has 0 aliphatic carbocycles. The molecular formula is C19H16Cl2N2O4S. The lowest BCUT2D eigenvalue weighted by atomic mass is 9.97. The van der Waals surface area contributed by atoms with E-state index < -0.39 is 21.9 Å². The van der Waals surface area contributed by atoms with Crippen molar-refractivity contribution in [2.45, 2.75) is 17.7 Å². The zero-order chi connectivity index (χ0) is 19.9. The molecule has 0 spiro atoms. The largest absolute Gasteiger partial charge is 0.425 e. The first-order valence-corrected chi connectivity index (χ1v) is 10.9. The van der Waals surface area contributed by atoms with E-state index in [1.165, 1.54) is 12.1 Å². The van der Waals surface area contributed by atoms with E-state index >= 15 is 0 Å². The Hall–Kier alpha value is -2.09. The number of fused-ring (bicyclic) bond motifs is 1. The lowest BCUT2D eigenvalue weighted by Gasteiger charge is -2.32. The van der Waals surface area contributed by atoms with E-state index in [9.17, 15) is 13.2 Å².